The lowest BCUT2D eigenvalue weighted by atomic mass is 9.87. The van der Waals surface area contributed by atoms with Gasteiger partial charge in [0.1, 0.15) is 0 Å². The largest absolute Gasteiger partial charge is 0.481 e. The summed E-state index contributed by atoms with van der Waals surface area (Å²) in [4.78, 5) is 25.0. The number of rotatable bonds is 9. The van der Waals surface area contributed by atoms with Gasteiger partial charge in [0.2, 0.25) is 5.91 Å². The van der Waals surface area contributed by atoms with Crippen LogP contribution < -0.4 is 5.32 Å². The Bertz CT molecular complexity index is 846. The van der Waals surface area contributed by atoms with Crippen molar-refractivity contribution in [3.8, 4) is 10.7 Å². The number of nitrogens with zero attached hydrogens (tertiary/aromatic N) is 3. The van der Waals surface area contributed by atoms with E-state index in [1.54, 1.807) is 0 Å². The van der Waals surface area contributed by atoms with Gasteiger partial charge in [0.05, 0.1) is 10.6 Å². The smallest absolute Gasteiger partial charge is 0.303 e. The van der Waals surface area contributed by atoms with Crippen molar-refractivity contribution in [2.75, 3.05) is 12.3 Å². The van der Waals surface area contributed by atoms with Crippen LogP contribution in [0.3, 0.4) is 0 Å². The molecule has 0 spiro atoms. The van der Waals surface area contributed by atoms with E-state index < -0.39 is 5.97 Å². The number of hydrogen-bond acceptors (Lipinski definition) is 6. The van der Waals surface area contributed by atoms with E-state index in [4.69, 9.17) is 5.11 Å². The molecule has 1 unspecified atom stereocenters. The average Bonchev–Trinajstić information content (AvgIpc) is 3.25. The van der Waals surface area contributed by atoms with E-state index in [-0.39, 0.29) is 18.1 Å². The fourth-order valence-corrected chi connectivity index (χ4v) is 5.33. The van der Waals surface area contributed by atoms with Gasteiger partial charge in [-0.25, -0.2) is 0 Å². The van der Waals surface area contributed by atoms with Crippen molar-refractivity contribution >= 4 is 35.0 Å². The Morgan fingerprint density at radius 3 is 3.00 bits per heavy atom. The molecule has 1 amide bonds. The van der Waals surface area contributed by atoms with E-state index in [1.807, 2.05) is 23.0 Å². The molecule has 1 aliphatic rings. The molecule has 2 N–H and O–H groups in total. The lowest BCUT2D eigenvalue weighted by molar-refractivity contribution is -0.137. The zero-order valence-corrected chi connectivity index (χ0v) is 17.9. The first-order chi connectivity index (χ1) is 13.5. The van der Waals surface area contributed by atoms with Crippen LogP contribution in [0.25, 0.3) is 10.7 Å². The molecule has 2 aromatic rings. The van der Waals surface area contributed by atoms with E-state index in [2.05, 4.69) is 28.5 Å². The quantitative estimate of drug-likeness (QED) is 0.476. The topological polar surface area (TPSA) is 97.1 Å². The Morgan fingerprint density at radius 2 is 2.25 bits per heavy atom. The van der Waals surface area contributed by atoms with Crippen LogP contribution in [0.2, 0.25) is 0 Å². The molecule has 1 atom stereocenters. The molecular formula is C19H26N4O3S2. The van der Waals surface area contributed by atoms with Crippen molar-refractivity contribution in [3.63, 3.8) is 0 Å². The molecule has 3 rings (SSSR count). The van der Waals surface area contributed by atoms with Gasteiger partial charge in [0, 0.05) is 24.9 Å². The third-order valence-corrected chi connectivity index (χ3v) is 7.29. The number of carboxylic acids is 1. The zero-order valence-electron chi connectivity index (χ0n) is 16.2. The van der Waals surface area contributed by atoms with E-state index >= 15 is 0 Å². The van der Waals surface area contributed by atoms with E-state index in [9.17, 15) is 9.59 Å². The second-order valence-corrected chi connectivity index (χ2v) is 9.16. The molecule has 152 valence electrons. The molecule has 0 saturated heterocycles. The minimum absolute atomic E-state index is 0.0594. The van der Waals surface area contributed by atoms with E-state index in [0.717, 1.165) is 29.5 Å². The van der Waals surface area contributed by atoms with Gasteiger partial charge < -0.3 is 15.0 Å². The molecule has 0 bridgehead atoms. The number of carbonyl (C=O) groups excluding carboxylic acids is 1. The number of carboxylic acid groups (broad SMARTS) is 1. The summed E-state index contributed by atoms with van der Waals surface area (Å²) in [5.41, 5.74) is 1.45. The number of fused-ring (bicyclic) bond motifs is 1. The minimum Gasteiger partial charge on any atom is -0.481 e. The Labute approximate surface area is 172 Å². The van der Waals surface area contributed by atoms with E-state index in [0.29, 0.717) is 18.1 Å². The van der Waals surface area contributed by atoms with Crippen LogP contribution in [0, 0.1) is 5.92 Å². The number of aromatic nitrogens is 3. The number of aryl methyl sites for hydroxylation is 1. The van der Waals surface area contributed by atoms with Gasteiger partial charge in [0.15, 0.2) is 11.0 Å². The van der Waals surface area contributed by atoms with Crippen LogP contribution in [-0.4, -0.2) is 44.0 Å². The molecule has 28 heavy (non-hydrogen) atoms. The van der Waals surface area contributed by atoms with Gasteiger partial charge in [0.25, 0.3) is 0 Å². The van der Waals surface area contributed by atoms with Crippen LogP contribution >= 0.6 is 23.1 Å². The SMILES string of the molecule is CCC1CCc2sc(-c3nnc(SCC(=O)NCCCC(=O)O)n3C)cc2C1. The summed E-state index contributed by atoms with van der Waals surface area (Å²) in [5.74, 6) is 0.886. The zero-order chi connectivity index (χ0) is 20.1. The predicted molar refractivity (Wildman–Crippen MR) is 111 cm³/mol. The molecule has 0 fully saturated rings. The molecule has 2 aromatic heterocycles. The predicted octanol–water partition coefficient (Wildman–Crippen LogP) is 3.13. The van der Waals surface area contributed by atoms with Crippen molar-refractivity contribution in [2.24, 2.45) is 13.0 Å². The lowest BCUT2D eigenvalue weighted by Crippen LogP contribution is -2.26. The van der Waals surface area contributed by atoms with Crippen LogP contribution in [0.15, 0.2) is 11.2 Å². The molecule has 0 saturated carbocycles. The van der Waals surface area contributed by atoms with Crippen molar-refractivity contribution in [3.05, 3.63) is 16.5 Å². The fourth-order valence-electron chi connectivity index (χ4n) is 3.36. The number of amides is 1. The van der Waals surface area contributed by atoms with Gasteiger partial charge in [-0.15, -0.1) is 21.5 Å². The highest BCUT2D eigenvalue weighted by molar-refractivity contribution is 7.99. The van der Waals surface area contributed by atoms with Gasteiger partial charge >= 0.3 is 5.97 Å². The van der Waals surface area contributed by atoms with E-state index in [1.165, 1.54) is 35.0 Å². The van der Waals surface area contributed by atoms with Crippen molar-refractivity contribution in [1.82, 2.24) is 20.1 Å². The second-order valence-electron chi connectivity index (χ2n) is 7.08. The number of thiophene rings is 1. The first kappa shape index (κ1) is 20.9. The summed E-state index contributed by atoms with van der Waals surface area (Å²) in [6.45, 7) is 2.63. The van der Waals surface area contributed by atoms with Crippen molar-refractivity contribution < 1.29 is 14.7 Å². The Morgan fingerprint density at radius 1 is 1.43 bits per heavy atom. The number of thioether (sulfide) groups is 1. The van der Waals surface area contributed by atoms with Gasteiger partial charge in [-0.3, -0.25) is 9.59 Å². The molecule has 2 heterocycles. The van der Waals surface area contributed by atoms with Crippen LogP contribution in [-0.2, 0) is 29.5 Å². The maximum absolute atomic E-state index is 11.9. The van der Waals surface area contributed by atoms with Crippen LogP contribution in [0.1, 0.15) is 43.0 Å². The second kappa shape index (κ2) is 9.56. The highest BCUT2D eigenvalue weighted by Gasteiger charge is 2.22. The Kier molecular flexibility index (Phi) is 7.12. The van der Waals surface area contributed by atoms with Crippen molar-refractivity contribution in [1.29, 1.82) is 0 Å². The molecule has 0 aromatic carbocycles. The standard InChI is InChI=1S/C19H26N4O3S2/c1-3-12-6-7-14-13(9-12)10-15(28-14)18-21-22-19(23(18)2)27-11-16(24)20-8-4-5-17(25)26/h10,12H,3-9,11H2,1-2H3,(H,20,24)(H,25,26). The molecule has 9 heteroatoms. The highest BCUT2D eigenvalue weighted by atomic mass is 32.2. The monoisotopic (exact) mass is 422 g/mol. The summed E-state index contributed by atoms with van der Waals surface area (Å²) in [7, 11) is 1.93. The summed E-state index contributed by atoms with van der Waals surface area (Å²) in [6.07, 6.45) is 5.30. The minimum atomic E-state index is -0.851. The first-order valence-corrected chi connectivity index (χ1v) is 11.4. The summed E-state index contributed by atoms with van der Waals surface area (Å²) < 4.78 is 1.94. The number of aliphatic carboxylic acids is 1. The first-order valence-electron chi connectivity index (χ1n) is 9.60. The van der Waals surface area contributed by atoms with Crippen LogP contribution in [0.4, 0.5) is 0 Å². The third-order valence-electron chi connectivity index (χ3n) is 5.04. The Balaban J connectivity index is 1.56. The summed E-state index contributed by atoms with van der Waals surface area (Å²) in [5, 5.41) is 20.6. The normalized spacial score (nSPS) is 16.0. The molecule has 0 aliphatic heterocycles. The maximum atomic E-state index is 11.9. The molecule has 1 aliphatic carbocycles. The summed E-state index contributed by atoms with van der Waals surface area (Å²) >= 11 is 3.15. The van der Waals surface area contributed by atoms with Gasteiger partial charge in [-0.05, 0) is 43.2 Å². The molecule has 7 nitrogen and oxygen atoms in total. The summed E-state index contributed by atoms with van der Waals surface area (Å²) in [6, 6.07) is 2.26. The average molecular weight is 423 g/mol. The highest BCUT2D eigenvalue weighted by Crippen LogP contribution is 2.37. The number of hydrogen-bond donors (Lipinski definition) is 2. The number of carbonyl (C=O) groups is 2. The molecular weight excluding hydrogens is 396 g/mol. The third kappa shape index (κ3) is 5.14. The number of nitrogens with one attached hydrogen (secondary N) is 1. The van der Waals surface area contributed by atoms with Gasteiger partial charge in [-0.2, -0.15) is 0 Å². The molecule has 0 radical (unpaired) electrons. The van der Waals surface area contributed by atoms with Crippen molar-refractivity contribution in [2.45, 2.75) is 50.6 Å². The maximum Gasteiger partial charge on any atom is 0.303 e. The lowest BCUT2D eigenvalue weighted by Gasteiger charge is -2.19. The fraction of sp³-hybridized carbons (Fsp3) is 0.579. The Hall–Kier alpha value is -1.87. The van der Waals surface area contributed by atoms with Gasteiger partial charge in [-0.1, -0.05) is 25.1 Å². The van der Waals surface area contributed by atoms with Crippen LogP contribution in [0.5, 0.6) is 0 Å².